The summed E-state index contributed by atoms with van der Waals surface area (Å²) in [6.07, 6.45) is 0.376. The van der Waals surface area contributed by atoms with Gasteiger partial charge in [-0.25, -0.2) is 8.42 Å². The fourth-order valence-corrected chi connectivity index (χ4v) is 5.63. The number of para-hydroxylation sites is 1. The van der Waals surface area contributed by atoms with E-state index in [1.807, 2.05) is 19.1 Å². The molecule has 4 aromatic rings. The number of hydrogen-bond acceptors (Lipinski definition) is 3. The number of fused-ring (bicyclic) bond motifs is 1. The van der Waals surface area contributed by atoms with E-state index in [1.165, 1.54) is 10.4 Å². The molecule has 0 saturated carbocycles. The lowest BCUT2D eigenvalue weighted by molar-refractivity contribution is -0.137. The Bertz CT molecular complexity index is 1410. The summed E-state index contributed by atoms with van der Waals surface area (Å²) < 4.78 is 70.1. The Morgan fingerprint density at radius 1 is 1.00 bits per heavy atom. The number of pyridine rings is 1. The highest BCUT2D eigenvalue weighted by Crippen LogP contribution is 2.30. The Kier molecular flexibility index (Phi) is 7.28. The van der Waals surface area contributed by atoms with Crippen LogP contribution in [0.25, 0.3) is 10.9 Å². The van der Waals surface area contributed by atoms with Crippen molar-refractivity contribution < 1.29 is 21.6 Å². The molecule has 0 unspecified atom stereocenters. The van der Waals surface area contributed by atoms with Crippen LogP contribution in [-0.4, -0.2) is 28.8 Å². The van der Waals surface area contributed by atoms with E-state index in [1.54, 1.807) is 53.4 Å². The minimum Gasteiger partial charge on any atom is -0.346 e. The third kappa shape index (κ3) is 5.57. The molecular formula is C26H26F3N3O2S. The Morgan fingerprint density at radius 2 is 1.77 bits per heavy atom. The second-order valence-electron chi connectivity index (χ2n) is 8.35. The van der Waals surface area contributed by atoms with Gasteiger partial charge in [0.05, 0.1) is 17.6 Å². The van der Waals surface area contributed by atoms with Gasteiger partial charge in [0.1, 0.15) is 4.90 Å². The molecule has 9 heteroatoms. The van der Waals surface area contributed by atoms with E-state index in [4.69, 9.17) is 0 Å². The Balaban J connectivity index is 1.65. The van der Waals surface area contributed by atoms with Crippen molar-refractivity contribution in [3.63, 3.8) is 0 Å². The van der Waals surface area contributed by atoms with Crippen LogP contribution in [0.4, 0.5) is 13.2 Å². The first-order valence-corrected chi connectivity index (χ1v) is 12.8. The van der Waals surface area contributed by atoms with E-state index in [0.717, 1.165) is 23.9 Å². The molecule has 2 aromatic heterocycles. The molecule has 2 heterocycles. The van der Waals surface area contributed by atoms with E-state index in [-0.39, 0.29) is 18.0 Å². The van der Waals surface area contributed by atoms with Crippen molar-refractivity contribution in [3.05, 3.63) is 95.9 Å². The van der Waals surface area contributed by atoms with Crippen molar-refractivity contribution in [3.8, 4) is 0 Å². The highest BCUT2D eigenvalue weighted by atomic mass is 32.2. The molecule has 0 amide bonds. The van der Waals surface area contributed by atoms with Crippen molar-refractivity contribution in [1.29, 1.82) is 0 Å². The predicted octanol–water partition coefficient (Wildman–Crippen LogP) is 6.09. The van der Waals surface area contributed by atoms with Gasteiger partial charge in [0.25, 0.3) is 0 Å². The van der Waals surface area contributed by atoms with Gasteiger partial charge in [-0.1, -0.05) is 43.7 Å². The first-order valence-electron chi connectivity index (χ1n) is 11.3. The van der Waals surface area contributed by atoms with Crippen LogP contribution in [0.5, 0.6) is 0 Å². The average Bonchev–Trinajstić information content (AvgIpc) is 3.27. The Hall–Kier alpha value is -3.17. The van der Waals surface area contributed by atoms with Crippen LogP contribution in [0.2, 0.25) is 0 Å². The number of rotatable bonds is 9. The monoisotopic (exact) mass is 501 g/mol. The highest BCUT2D eigenvalue weighted by Gasteiger charge is 2.30. The van der Waals surface area contributed by atoms with Crippen molar-refractivity contribution in [1.82, 2.24) is 13.9 Å². The molecule has 0 spiro atoms. The van der Waals surface area contributed by atoms with Crippen LogP contribution in [0, 0.1) is 0 Å². The van der Waals surface area contributed by atoms with Gasteiger partial charge >= 0.3 is 6.18 Å². The maximum absolute atomic E-state index is 13.8. The van der Waals surface area contributed by atoms with Gasteiger partial charge in [0, 0.05) is 36.6 Å². The number of halogens is 3. The van der Waals surface area contributed by atoms with Gasteiger partial charge in [-0.2, -0.15) is 17.5 Å². The zero-order valence-corrected chi connectivity index (χ0v) is 20.1. The van der Waals surface area contributed by atoms with E-state index in [0.29, 0.717) is 29.7 Å². The third-order valence-electron chi connectivity index (χ3n) is 5.84. The fraction of sp³-hybridized carbons (Fsp3) is 0.269. The largest absolute Gasteiger partial charge is 0.416 e. The van der Waals surface area contributed by atoms with Gasteiger partial charge < -0.3 is 4.57 Å². The van der Waals surface area contributed by atoms with Crippen LogP contribution in [0.1, 0.15) is 36.6 Å². The standard InChI is InChI=1S/C26H26F3N3O2S/c1-2-3-16-32(35(33,34)24-13-5-9-21-10-6-14-30-25(21)24)19-23-12-7-15-31(23)18-20-8-4-11-22(17-20)26(27,28)29/h4-15,17H,2-3,16,18-19H2,1H3. The predicted molar refractivity (Wildman–Crippen MR) is 129 cm³/mol. The molecule has 0 aliphatic carbocycles. The number of aromatic nitrogens is 2. The summed E-state index contributed by atoms with van der Waals surface area (Å²) in [6, 6.07) is 17.4. The van der Waals surface area contributed by atoms with E-state index >= 15 is 0 Å². The molecule has 2 aromatic carbocycles. The molecule has 0 fully saturated rings. The molecule has 184 valence electrons. The quantitative estimate of drug-likeness (QED) is 0.279. The van der Waals surface area contributed by atoms with Crippen molar-refractivity contribution >= 4 is 20.9 Å². The molecular weight excluding hydrogens is 475 g/mol. The van der Waals surface area contributed by atoms with Crippen LogP contribution in [0.3, 0.4) is 0 Å². The molecule has 5 nitrogen and oxygen atoms in total. The smallest absolute Gasteiger partial charge is 0.346 e. The summed E-state index contributed by atoms with van der Waals surface area (Å²) in [7, 11) is -3.88. The number of unbranched alkanes of at least 4 members (excludes halogenated alkanes) is 1. The SMILES string of the molecule is CCCCN(Cc1cccn1Cc1cccc(C(F)(F)F)c1)S(=O)(=O)c1cccc2cccnc12. The van der Waals surface area contributed by atoms with Crippen LogP contribution >= 0.6 is 0 Å². The third-order valence-corrected chi connectivity index (χ3v) is 7.72. The minimum atomic E-state index is -4.42. The normalized spacial score (nSPS) is 12.5. The lowest BCUT2D eigenvalue weighted by Gasteiger charge is -2.23. The fourth-order valence-electron chi connectivity index (χ4n) is 4.01. The Morgan fingerprint density at radius 3 is 2.54 bits per heavy atom. The van der Waals surface area contributed by atoms with Gasteiger partial charge in [0.2, 0.25) is 10.0 Å². The first kappa shape index (κ1) is 24.9. The van der Waals surface area contributed by atoms with Crippen molar-refractivity contribution in [2.75, 3.05) is 6.54 Å². The molecule has 0 radical (unpaired) electrons. The van der Waals surface area contributed by atoms with Crippen LogP contribution in [-0.2, 0) is 29.3 Å². The second-order valence-corrected chi connectivity index (χ2v) is 10.3. The summed E-state index contributed by atoms with van der Waals surface area (Å²) in [4.78, 5) is 4.45. The zero-order chi connectivity index (χ0) is 25.1. The summed E-state index contributed by atoms with van der Waals surface area (Å²) in [5, 5.41) is 0.733. The van der Waals surface area contributed by atoms with Crippen LogP contribution < -0.4 is 0 Å². The molecule has 0 N–H and O–H groups in total. The van der Waals surface area contributed by atoms with Gasteiger partial charge in [-0.3, -0.25) is 4.98 Å². The number of hydrogen-bond donors (Lipinski definition) is 0. The number of alkyl halides is 3. The lowest BCUT2D eigenvalue weighted by atomic mass is 10.1. The molecule has 4 rings (SSSR count). The van der Waals surface area contributed by atoms with E-state index in [9.17, 15) is 21.6 Å². The van der Waals surface area contributed by atoms with Crippen molar-refractivity contribution in [2.45, 2.75) is 43.9 Å². The summed E-state index contributed by atoms with van der Waals surface area (Å²) in [5.74, 6) is 0. The lowest BCUT2D eigenvalue weighted by Crippen LogP contribution is -2.32. The highest BCUT2D eigenvalue weighted by molar-refractivity contribution is 7.89. The zero-order valence-electron chi connectivity index (χ0n) is 19.2. The molecule has 0 atom stereocenters. The van der Waals surface area contributed by atoms with Crippen LogP contribution in [0.15, 0.2) is 84.0 Å². The average molecular weight is 502 g/mol. The van der Waals surface area contributed by atoms with E-state index in [2.05, 4.69) is 4.98 Å². The number of benzene rings is 2. The second kappa shape index (κ2) is 10.2. The maximum atomic E-state index is 13.8. The Labute approximate surface area is 202 Å². The molecule has 0 bridgehead atoms. The number of nitrogens with zero attached hydrogens (tertiary/aromatic N) is 3. The van der Waals surface area contributed by atoms with Crippen molar-refractivity contribution in [2.24, 2.45) is 0 Å². The van der Waals surface area contributed by atoms with Gasteiger partial charge in [-0.15, -0.1) is 0 Å². The van der Waals surface area contributed by atoms with Gasteiger partial charge in [0.15, 0.2) is 0 Å². The molecule has 0 aliphatic heterocycles. The summed E-state index contributed by atoms with van der Waals surface area (Å²) in [6.45, 7) is 2.60. The molecule has 35 heavy (non-hydrogen) atoms. The maximum Gasteiger partial charge on any atom is 0.416 e. The number of sulfonamides is 1. The topological polar surface area (TPSA) is 55.2 Å². The van der Waals surface area contributed by atoms with Gasteiger partial charge in [-0.05, 0) is 48.4 Å². The summed E-state index contributed by atoms with van der Waals surface area (Å²) >= 11 is 0. The summed E-state index contributed by atoms with van der Waals surface area (Å²) in [5.41, 5.74) is 0.879. The minimum absolute atomic E-state index is 0.0948. The first-order chi connectivity index (χ1) is 16.7. The van der Waals surface area contributed by atoms with E-state index < -0.39 is 21.8 Å². The molecule has 0 aliphatic rings. The molecule has 0 saturated heterocycles.